The van der Waals surface area contributed by atoms with E-state index < -0.39 is 28.9 Å². The Bertz CT molecular complexity index is 1170. The molecule has 1 amide bonds. The molecule has 0 fully saturated rings. The summed E-state index contributed by atoms with van der Waals surface area (Å²) in [6, 6.07) is 5.53. The van der Waals surface area contributed by atoms with E-state index in [9.17, 15) is 22.8 Å². The summed E-state index contributed by atoms with van der Waals surface area (Å²) >= 11 is 0. The van der Waals surface area contributed by atoms with Crippen LogP contribution in [0.3, 0.4) is 0 Å². The third-order valence-corrected chi connectivity index (χ3v) is 5.34. The molecule has 9 nitrogen and oxygen atoms in total. The van der Waals surface area contributed by atoms with Gasteiger partial charge in [-0.3, -0.25) is 14.2 Å². The number of hydrogen-bond acceptors (Lipinski definition) is 7. The van der Waals surface area contributed by atoms with Gasteiger partial charge >= 0.3 is 11.8 Å². The maximum Gasteiger partial charge on any atom is 0.442 e. The number of alkyl halides is 3. The molecule has 0 saturated carbocycles. The van der Waals surface area contributed by atoms with E-state index in [4.69, 9.17) is 9.47 Å². The number of methoxy groups -OCH3 is 1. The highest BCUT2D eigenvalue weighted by molar-refractivity contribution is 5.94. The van der Waals surface area contributed by atoms with Gasteiger partial charge in [-0.1, -0.05) is 18.2 Å². The fourth-order valence-corrected chi connectivity index (χ4v) is 3.61. The number of benzene rings is 1. The van der Waals surface area contributed by atoms with Gasteiger partial charge in [0.2, 0.25) is 5.75 Å². The first-order valence-corrected chi connectivity index (χ1v) is 9.72. The highest BCUT2D eigenvalue weighted by Gasteiger charge is 2.65. The Morgan fingerprint density at radius 3 is 2.66 bits per heavy atom. The molecule has 0 bridgehead atoms. The molecular formula is C20H20F3N5O4. The summed E-state index contributed by atoms with van der Waals surface area (Å²) in [6.45, 7) is 3.93. The molecule has 3 heterocycles. The maximum atomic E-state index is 13.2. The van der Waals surface area contributed by atoms with Crippen LogP contribution < -0.4 is 15.6 Å². The number of rotatable bonds is 5. The average molecular weight is 451 g/mol. The van der Waals surface area contributed by atoms with Crippen LogP contribution in [0.1, 0.15) is 41.3 Å². The van der Waals surface area contributed by atoms with Crippen molar-refractivity contribution < 1.29 is 27.4 Å². The van der Waals surface area contributed by atoms with Gasteiger partial charge < -0.3 is 14.8 Å². The quantitative estimate of drug-likeness (QED) is 0.752. The second-order valence-electron chi connectivity index (χ2n) is 7.89. The molecule has 0 aliphatic carbocycles. The first-order valence-electron chi connectivity index (χ1n) is 9.72. The Morgan fingerprint density at radius 2 is 2.03 bits per heavy atom. The van der Waals surface area contributed by atoms with Crippen molar-refractivity contribution in [1.82, 2.24) is 14.9 Å². The number of carbonyl (C=O) groups excluding carboxylic acids is 1. The van der Waals surface area contributed by atoms with E-state index in [1.165, 1.54) is 29.9 Å². The summed E-state index contributed by atoms with van der Waals surface area (Å²) in [7, 11) is 1.26. The van der Waals surface area contributed by atoms with Crippen molar-refractivity contribution in [3.8, 4) is 5.75 Å². The fourth-order valence-electron chi connectivity index (χ4n) is 3.61. The minimum Gasteiger partial charge on any atom is -0.489 e. The van der Waals surface area contributed by atoms with Crippen molar-refractivity contribution in [2.45, 2.75) is 44.4 Å². The van der Waals surface area contributed by atoms with Crippen molar-refractivity contribution in [3.05, 3.63) is 57.3 Å². The summed E-state index contributed by atoms with van der Waals surface area (Å²) < 4.78 is 52.0. The average Bonchev–Trinajstić information content (AvgIpc) is 3.55. The van der Waals surface area contributed by atoms with Gasteiger partial charge in [-0.15, -0.1) is 10.2 Å². The zero-order valence-corrected chi connectivity index (χ0v) is 17.5. The summed E-state index contributed by atoms with van der Waals surface area (Å²) in [6.07, 6.45) is -4.65. The summed E-state index contributed by atoms with van der Waals surface area (Å²) in [4.78, 5) is 30.0. The molecule has 2 aromatic rings. The molecule has 2 aliphatic rings. The van der Waals surface area contributed by atoms with E-state index in [2.05, 4.69) is 20.5 Å². The number of amides is 1. The predicted octanol–water partition coefficient (Wildman–Crippen LogP) is 2.63. The second kappa shape index (κ2) is 7.40. The SMILES string of the molecule is COc1c(C(=O)NCc2cccc(C3(C(F)(F)F)N=N3)c2)nc2n(c1=O)CCOC2(C)C. The monoisotopic (exact) mass is 451 g/mol. The maximum absolute atomic E-state index is 13.2. The molecule has 32 heavy (non-hydrogen) atoms. The standard InChI is InChI=1S/C20H20F3N5O4/c1-18(2)17-25-13(14(31-3)16(30)28(17)7-8-32-18)15(29)24-10-11-5-4-6-12(9-11)19(26-27-19)20(21,22)23/h4-6,9H,7-8,10H2,1-3H3,(H,24,29). The molecule has 0 radical (unpaired) electrons. The number of nitrogens with zero attached hydrogens (tertiary/aromatic N) is 4. The van der Waals surface area contributed by atoms with Gasteiger partial charge in [0.05, 0.1) is 20.3 Å². The lowest BCUT2D eigenvalue weighted by Gasteiger charge is -2.32. The van der Waals surface area contributed by atoms with Gasteiger partial charge in [-0.05, 0) is 25.5 Å². The van der Waals surface area contributed by atoms with Crippen LogP contribution in [0.15, 0.2) is 39.3 Å². The van der Waals surface area contributed by atoms with Crippen molar-refractivity contribution >= 4 is 5.91 Å². The third kappa shape index (κ3) is 3.53. The van der Waals surface area contributed by atoms with Crippen molar-refractivity contribution in [2.75, 3.05) is 13.7 Å². The smallest absolute Gasteiger partial charge is 0.442 e. The van der Waals surface area contributed by atoms with E-state index in [0.717, 1.165) is 0 Å². The lowest BCUT2D eigenvalue weighted by molar-refractivity contribution is -0.166. The molecule has 0 atom stereocenters. The van der Waals surface area contributed by atoms with Gasteiger partial charge in [0, 0.05) is 12.1 Å². The van der Waals surface area contributed by atoms with Gasteiger partial charge in [-0.25, -0.2) is 4.98 Å². The Hall–Kier alpha value is -3.28. The number of ether oxygens (including phenoxy) is 2. The van der Waals surface area contributed by atoms with Crippen LogP contribution in [0.4, 0.5) is 13.2 Å². The van der Waals surface area contributed by atoms with Crippen molar-refractivity contribution in [2.24, 2.45) is 10.2 Å². The van der Waals surface area contributed by atoms with E-state index in [1.54, 1.807) is 19.9 Å². The van der Waals surface area contributed by atoms with Crippen LogP contribution in [0, 0.1) is 0 Å². The minimum absolute atomic E-state index is 0.107. The summed E-state index contributed by atoms with van der Waals surface area (Å²) in [5.74, 6) is -0.643. The van der Waals surface area contributed by atoms with E-state index in [0.29, 0.717) is 12.2 Å². The molecule has 0 spiro atoms. The van der Waals surface area contributed by atoms with Crippen molar-refractivity contribution in [1.29, 1.82) is 0 Å². The van der Waals surface area contributed by atoms with Crippen molar-refractivity contribution in [3.63, 3.8) is 0 Å². The zero-order chi connectivity index (χ0) is 23.3. The van der Waals surface area contributed by atoms with Crippen LogP contribution >= 0.6 is 0 Å². The molecule has 0 saturated heterocycles. The topological polar surface area (TPSA) is 107 Å². The number of fused-ring (bicyclic) bond motifs is 1. The van der Waals surface area contributed by atoms with E-state index in [1.807, 2.05) is 0 Å². The molecule has 0 unspecified atom stereocenters. The van der Waals surface area contributed by atoms with Crippen LogP contribution in [-0.2, 0) is 29.1 Å². The number of halogens is 3. The molecular weight excluding hydrogens is 431 g/mol. The Labute approximate surface area is 180 Å². The second-order valence-corrected chi connectivity index (χ2v) is 7.89. The van der Waals surface area contributed by atoms with E-state index in [-0.39, 0.29) is 35.9 Å². The fraction of sp³-hybridized carbons (Fsp3) is 0.450. The van der Waals surface area contributed by atoms with Crippen LogP contribution in [-0.4, -0.2) is 35.4 Å². The third-order valence-electron chi connectivity index (χ3n) is 5.34. The first-order chi connectivity index (χ1) is 15.0. The van der Waals surface area contributed by atoms with Crippen LogP contribution in [0.2, 0.25) is 0 Å². The molecule has 2 aliphatic heterocycles. The van der Waals surface area contributed by atoms with E-state index >= 15 is 0 Å². The van der Waals surface area contributed by atoms with Gasteiger partial charge in [0.15, 0.2) is 5.69 Å². The number of nitrogens with one attached hydrogen (secondary N) is 1. The molecule has 4 rings (SSSR count). The highest BCUT2D eigenvalue weighted by Crippen LogP contribution is 2.52. The molecule has 1 aromatic carbocycles. The molecule has 1 aromatic heterocycles. The first kappa shape index (κ1) is 21.9. The summed E-state index contributed by atoms with van der Waals surface area (Å²) in [5, 5.41) is 8.94. The normalized spacial score (nSPS) is 18.1. The predicted molar refractivity (Wildman–Crippen MR) is 104 cm³/mol. The number of hydrogen-bond donors (Lipinski definition) is 1. The lowest BCUT2D eigenvalue weighted by atomic mass is 10.0. The zero-order valence-electron chi connectivity index (χ0n) is 17.5. The molecule has 170 valence electrons. The summed E-state index contributed by atoms with van der Waals surface area (Å²) in [5.41, 5.74) is -3.91. The van der Waals surface area contributed by atoms with Crippen LogP contribution in [0.5, 0.6) is 5.75 Å². The highest BCUT2D eigenvalue weighted by atomic mass is 19.4. The molecule has 12 heteroatoms. The molecule has 1 N–H and O–H groups in total. The Kier molecular flexibility index (Phi) is 5.07. The Morgan fingerprint density at radius 1 is 1.31 bits per heavy atom. The van der Waals surface area contributed by atoms with Gasteiger partial charge in [0.25, 0.3) is 11.5 Å². The van der Waals surface area contributed by atoms with Gasteiger partial charge in [0.1, 0.15) is 11.4 Å². The largest absolute Gasteiger partial charge is 0.489 e. The Balaban J connectivity index is 1.59. The number of carbonyl (C=O) groups is 1. The minimum atomic E-state index is -4.65. The number of aromatic nitrogens is 2. The van der Waals surface area contributed by atoms with Gasteiger partial charge in [-0.2, -0.15) is 13.2 Å². The van der Waals surface area contributed by atoms with Crippen LogP contribution in [0.25, 0.3) is 0 Å². The lowest BCUT2D eigenvalue weighted by Crippen LogP contribution is -2.42.